The van der Waals surface area contributed by atoms with E-state index in [9.17, 15) is 19.7 Å². The summed E-state index contributed by atoms with van der Waals surface area (Å²) < 4.78 is 5.38. The molecule has 0 unspecified atom stereocenters. The maximum Gasteiger partial charge on any atom is 0.273 e. The molecule has 0 bridgehead atoms. The maximum absolute atomic E-state index is 14.0. The van der Waals surface area contributed by atoms with E-state index in [-0.39, 0.29) is 36.5 Å². The molecular formula is C31H35N3O5. The minimum Gasteiger partial charge on any atom is -0.497 e. The van der Waals surface area contributed by atoms with Gasteiger partial charge in [0.1, 0.15) is 11.8 Å². The summed E-state index contributed by atoms with van der Waals surface area (Å²) >= 11 is 0. The Morgan fingerprint density at radius 1 is 0.974 bits per heavy atom. The molecule has 0 saturated heterocycles. The minimum atomic E-state index is -0.796. The second-order valence-corrected chi connectivity index (χ2v) is 9.98. The number of methoxy groups -OCH3 is 1. The number of nitrogens with one attached hydrogen (secondary N) is 1. The zero-order chi connectivity index (χ0) is 27.6. The van der Waals surface area contributed by atoms with Crippen LogP contribution in [0.5, 0.6) is 5.75 Å². The van der Waals surface area contributed by atoms with Crippen molar-refractivity contribution in [3.05, 3.63) is 106 Å². The van der Waals surface area contributed by atoms with Gasteiger partial charge in [-0.15, -0.1) is 0 Å². The molecule has 1 N–H and O–H groups in total. The monoisotopic (exact) mass is 529 g/mol. The molecule has 0 heterocycles. The van der Waals surface area contributed by atoms with Crippen molar-refractivity contribution in [2.24, 2.45) is 0 Å². The second-order valence-electron chi connectivity index (χ2n) is 9.98. The van der Waals surface area contributed by atoms with Gasteiger partial charge in [0.05, 0.1) is 18.5 Å². The van der Waals surface area contributed by atoms with E-state index in [1.54, 1.807) is 30.2 Å². The quantitative estimate of drug-likeness (QED) is 0.271. The van der Waals surface area contributed by atoms with Crippen LogP contribution in [0, 0.1) is 10.1 Å². The second kappa shape index (κ2) is 13.6. The van der Waals surface area contributed by atoms with Crippen LogP contribution in [0.2, 0.25) is 0 Å². The van der Waals surface area contributed by atoms with E-state index in [0.717, 1.165) is 43.2 Å². The summed E-state index contributed by atoms with van der Waals surface area (Å²) in [6.07, 6.45) is 5.27. The highest BCUT2D eigenvalue weighted by molar-refractivity contribution is 5.89. The van der Waals surface area contributed by atoms with Gasteiger partial charge >= 0.3 is 0 Å². The summed E-state index contributed by atoms with van der Waals surface area (Å²) in [6.45, 7) is 0.159. The van der Waals surface area contributed by atoms with Crippen LogP contribution in [0.1, 0.15) is 48.8 Å². The van der Waals surface area contributed by atoms with Crippen molar-refractivity contribution in [3.63, 3.8) is 0 Å². The van der Waals surface area contributed by atoms with Gasteiger partial charge in [0, 0.05) is 30.6 Å². The Morgan fingerprint density at radius 3 is 2.38 bits per heavy atom. The highest BCUT2D eigenvalue weighted by Gasteiger charge is 2.32. The molecule has 8 heteroatoms. The SMILES string of the molecule is COc1cccc(CN(C(=O)Cc2ccccc2[N+](=O)[O-])[C@@H](Cc2ccccc2)C(=O)NC2CCCCC2)c1. The number of benzene rings is 3. The molecule has 0 aromatic heterocycles. The molecule has 1 fully saturated rings. The van der Waals surface area contributed by atoms with Crippen LogP contribution >= 0.6 is 0 Å². The molecule has 3 aromatic rings. The van der Waals surface area contributed by atoms with Crippen LogP contribution in [-0.4, -0.2) is 40.8 Å². The van der Waals surface area contributed by atoms with Gasteiger partial charge in [0.25, 0.3) is 5.69 Å². The lowest BCUT2D eigenvalue weighted by molar-refractivity contribution is -0.385. The Bertz CT molecular complexity index is 1270. The molecule has 8 nitrogen and oxygen atoms in total. The molecule has 1 aliphatic rings. The summed E-state index contributed by atoms with van der Waals surface area (Å²) in [4.78, 5) is 40.6. The van der Waals surface area contributed by atoms with Crippen molar-refractivity contribution in [2.45, 2.75) is 63.6 Å². The lowest BCUT2D eigenvalue weighted by atomic mass is 9.94. The molecule has 204 valence electrons. The number of nitro groups is 1. The Kier molecular flexibility index (Phi) is 9.67. The van der Waals surface area contributed by atoms with E-state index in [1.165, 1.54) is 6.07 Å². The molecule has 39 heavy (non-hydrogen) atoms. The maximum atomic E-state index is 14.0. The van der Waals surface area contributed by atoms with Crippen LogP contribution in [-0.2, 0) is 29.0 Å². The van der Waals surface area contributed by atoms with Gasteiger partial charge in [0.15, 0.2) is 0 Å². The highest BCUT2D eigenvalue weighted by Crippen LogP contribution is 2.24. The van der Waals surface area contributed by atoms with Gasteiger partial charge in [-0.05, 0) is 36.1 Å². The smallest absolute Gasteiger partial charge is 0.273 e. The van der Waals surface area contributed by atoms with E-state index < -0.39 is 11.0 Å². The molecule has 3 aromatic carbocycles. The normalized spacial score (nSPS) is 14.3. The zero-order valence-corrected chi connectivity index (χ0v) is 22.3. The van der Waals surface area contributed by atoms with Crippen molar-refractivity contribution in [3.8, 4) is 5.75 Å². The fourth-order valence-electron chi connectivity index (χ4n) is 5.17. The minimum absolute atomic E-state index is 0.0773. The molecule has 4 rings (SSSR count). The van der Waals surface area contributed by atoms with E-state index in [1.807, 2.05) is 54.6 Å². The number of nitro benzene ring substituents is 1. The lowest BCUT2D eigenvalue weighted by Crippen LogP contribution is -2.53. The number of hydrogen-bond acceptors (Lipinski definition) is 5. The van der Waals surface area contributed by atoms with Crippen LogP contribution in [0.25, 0.3) is 0 Å². The molecule has 1 saturated carbocycles. The molecule has 1 aliphatic carbocycles. The van der Waals surface area contributed by atoms with Gasteiger partial charge in [-0.25, -0.2) is 0 Å². The van der Waals surface area contributed by atoms with E-state index in [4.69, 9.17) is 4.74 Å². The summed E-state index contributed by atoms with van der Waals surface area (Å²) in [5, 5.41) is 14.9. The molecule has 1 atom stereocenters. The first-order valence-electron chi connectivity index (χ1n) is 13.4. The first-order valence-corrected chi connectivity index (χ1v) is 13.4. The number of hydrogen-bond donors (Lipinski definition) is 1. The van der Waals surface area contributed by atoms with Crippen LogP contribution in [0.3, 0.4) is 0 Å². The first kappa shape index (κ1) is 27.8. The summed E-state index contributed by atoms with van der Waals surface area (Å²) in [5.74, 6) is 0.0845. The standard InChI is InChI=1S/C31H35N3O5/c1-39-27-17-10-13-24(19-27)22-33(30(35)21-25-14-8-9-18-28(25)34(37)38)29(20-23-11-4-2-5-12-23)31(36)32-26-15-6-3-7-16-26/h2,4-5,8-14,17-19,26,29H,3,6-7,15-16,20-22H2,1H3,(H,32,36)/t29-/m0/s1. The van der Waals surface area contributed by atoms with E-state index in [0.29, 0.717) is 17.7 Å². The van der Waals surface area contributed by atoms with Gasteiger partial charge in [-0.1, -0.05) is 79.9 Å². The number of para-hydroxylation sites is 1. The fourth-order valence-corrected chi connectivity index (χ4v) is 5.17. The number of amides is 2. The summed E-state index contributed by atoms with van der Waals surface area (Å²) in [5.41, 5.74) is 1.93. The molecule has 0 radical (unpaired) electrons. The third-order valence-corrected chi connectivity index (χ3v) is 7.24. The van der Waals surface area contributed by atoms with Crippen molar-refractivity contribution in [2.75, 3.05) is 7.11 Å². The topological polar surface area (TPSA) is 102 Å². The average Bonchev–Trinajstić information content (AvgIpc) is 2.96. The highest BCUT2D eigenvalue weighted by atomic mass is 16.6. The number of ether oxygens (including phenoxy) is 1. The predicted octanol–water partition coefficient (Wildman–Crippen LogP) is 5.23. The largest absolute Gasteiger partial charge is 0.497 e. The third-order valence-electron chi connectivity index (χ3n) is 7.24. The number of carbonyl (C=O) groups excluding carboxylic acids is 2. The predicted molar refractivity (Wildman–Crippen MR) is 149 cm³/mol. The molecule has 0 aliphatic heterocycles. The van der Waals surface area contributed by atoms with Gasteiger partial charge < -0.3 is 15.0 Å². The van der Waals surface area contributed by atoms with Crippen molar-refractivity contribution >= 4 is 17.5 Å². The number of carbonyl (C=O) groups is 2. The number of rotatable bonds is 11. The zero-order valence-electron chi connectivity index (χ0n) is 22.3. The Labute approximate surface area is 229 Å². The lowest BCUT2D eigenvalue weighted by Gasteiger charge is -2.33. The Balaban J connectivity index is 1.70. The van der Waals surface area contributed by atoms with Gasteiger partial charge in [-0.3, -0.25) is 19.7 Å². The van der Waals surface area contributed by atoms with Crippen LogP contribution in [0.4, 0.5) is 5.69 Å². The molecular weight excluding hydrogens is 494 g/mol. The molecule has 0 spiro atoms. The average molecular weight is 530 g/mol. The number of nitrogens with zero attached hydrogens (tertiary/aromatic N) is 2. The Morgan fingerprint density at radius 2 is 1.67 bits per heavy atom. The Hall–Kier alpha value is -4.20. The third kappa shape index (κ3) is 7.66. The fraction of sp³-hybridized carbons (Fsp3) is 0.355. The van der Waals surface area contributed by atoms with E-state index >= 15 is 0 Å². The molecule has 2 amide bonds. The van der Waals surface area contributed by atoms with Crippen molar-refractivity contribution < 1.29 is 19.2 Å². The van der Waals surface area contributed by atoms with Crippen LogP contribution in [0.15, 0.2) is 78.9 Å². The first-order chi connectivity index (χ1) is 18.9. The summed E-state index contributed by atoms with van der Waals surface area (Å²) in [7, 11) is 1.58. The van der Waals surface area contributed by atoms with Crippen LogP contribution < -0.4 is 10.1 Å². The van der Waals surface area contributed by atoms with E-state index in [2.05, 4.69) is 5.32 Å². The van der Waals surface area contributed by atoms with Crippen molar-refractivity contribution in [1.82, 2.24) is 10.2 Å². The van der Waals surface area contributed by atoms with Gasteiger partial charge in [0.2, 0.25) is 11.8 Å². The van der Waals surface area contributed by atoms with Gasteiger partial charge in [-0.2, -0.15) is 0 Å². The summed E-state index contributed by atoms with van der Waals surface area (Å²) in [6, 6.07) is 22.5. The van der Waals surface area contributed by atoms with Crippen molar-refractivity contribution in [1.29, 1.82) is 0 Å².